The van der Waals surface area contributed by atoms with Crippen LogP contribution in [0, 0.1) is 0 Å². The molecule has 0 spiro atoms. The molecule has 2 aliphatic rings. The molecule has 2 amide bonds. The first-order chi connectivity index (χ1) is 14.4. The van der Waals surface area contributed by atoms with Crippen LogP contribution >= 0.6 is 23.2 Å². The summed E-state index contributed by atoms with van der Waals surface area (Å²) in [4.78, 5) is 19.2. The van der Waals surface area contributed by atoms with Crippen LogP contribution in [0.1, 0.15) is 43.0 Å². The number of anilines is 1. The van der Waals surface area contributed by atoms with E-state index < -0.39 is 0 Å². The number of nitrogens with zero attached hydrogens (tertiary/aromatic N) is 2. The summed E-state index contributed by atoms with van der Waals surface area (Å²) in [7, 11) is 0. The highest BCUT2D eigenvalue weighted by molar-refractivity contribution is 6.42. The second-order valence-corrected chi connectivity index (χ2v) is 8.82. The molecule has 2 aromatic rings. The minimum Gasteiger partial charge on any atom is -0.372 e. The number of hydrogen-bond acceptors (Lipinski definition) is 4. The Kier molecular flexibility index (Phi) is 6.37. The quantitative estimate of drug-likeness (QED) is 0.722. The molecule has 1 aliphatic heterocycles. The average molecular weight is 449 g/mol. The lowest BCUT2D eigenvalue weighted by atomic mass is 10.1. The summed E-state index contributed by atoms with van der Waals surface area (Å²) in [6.07, 6.45) is 3.81. The number of urea groups is 1. The van der Waals surface area contributed by atoms with Crippen molar-refractivity contribution in [2.45, 2.75) is 51.5 Å². The molecule has 3 atom stereocenters. The molecular formula is C22H26Cl2N4O2. The number of amides is 2. The second kappa shape index (κ2) is 9.00. The lowest BCUT2D eigenvalue weighted by molar-refractivity contribution is -0.00546. The number of carbonyl (C=O) groups is 1. The van der Waals surface area contributed by atoms with Gasteiger partial charge in [-0.2, -0.15) is 0 Å². The van der Waals surface area contributed by atoms with Crippen molar-refractivity contribution in [3.05, 3.63) is 57.2 Å². The molecule has 0 bridgehead atoms. The standard InChI is InChI=1S/C22H26Cl2N4O2/c1-13-11-28(12-14(2)30-13)20-8-3-15(9-25-20)10-26-22(29)27-19-7-5-17-16(19)4-6-18(23)21(17)24/h3-4,6,8-9,13-14,19H,5,7,10-12H2,1-2H3,(H2,26,27,29). The molecule has 4 rings (SSSR count). The summed E-state index contributed by atoms with van der Waals surface area (Å²) in [5.74, 6) is 0.934. The number of pyridine rings is 1. The zero-order valence-electron chi connectivity index (χ0n) is 17.1. The van der Waals surface area contributed by atoms with Crippen LogP contribution in [0.25, 0.3) is 0 Å². The highest BCUT2D eigenvalue weighted by Gasteiger charge is 2.27. The Morgan fingerprint density at radius 3 is 2.67 bits per heavy atom. The largest absolute Gasteiger partial charge is 0.372 e. The Balaban J connectivity index is 1.30. The predicted molar refractivity (Wildman–Crippen MR) is 119 cm³/mol. The Labute approximate surface area is 186 Å². The van der Waals surface area contributed by atoms with Gasteiger partial charge in [-0.05, 0) is 55.5 Å². The van der Waals surface area contributed by atoms with E-state index in [9.17, 15) is 4.79 Å². The minimum absolute atomic E-state index is 0.0550. The molecule has 0 saturated carbocycles. The maximum atomic E-state index is 12.4. The van der Waals surface area contributed by atoms with Gasteiger partial charge in [0.1, 0.15) is 5.82 Å². The van der Waals surface area contributed by atoms with Crippen LogP contribution < -0.4 is 15.5 Å². The SMILES string of the molecule is CC1CN(c2ccc(CNC(=O)NC3CCc4c3ccc(Cl)c4Cl)cn2)CC(C)O1. The molecular weight excluding hydrogens is 423 g/mol. The lowest BCUT2D eigenvalue weighted by Gasteiger charge is -2.36. The molecule has 1 aromatic heterocycles. The van der Waals surface area contributed by atoms with Gasteiger partial charge >= 0.3 is 6.03 Å². The predicted octanol–water partition coefficient (Wildman–Crippen LogP) is 4.49. The van der Waals surface area contributed by atoms with Gasteiger partial charge in [0, 0.05) is 25.8 Å². The molecule has 1 saturated heterocycles. The number of ether oxygens (including phenoxy) is 1. The van der Waals surface area contributed by atoms with E-state index in [1.807, 2.05) is 24.4 Å². The third kappa shape index (κ3) is 4.66. The first-order valence-corrected chi connectivity index (χ1v) is 11.0. The second-order valence-electron chi connectivity index (χ2n) is 8.03. The number of carbonyl (C=O) groups excluding carboxylic acids is 1. The Morgan fingerprint density at radius 1 is 1.20 bits per heavy atom. The van der Waals surface area contributed by atoms with Gasteiger partial charge in [-0.15, -0.1) is 0 Å². The van der Waals surface area contributed by atoms with Gasteiger partial charge in [0.25, 0.3) is 0 Å². The summed E-state index contributed by atoms with van der Waals surface area (Å²) in [6.45, 7) is 6.22. The van der Waals surface area contributed by atoms with Crippen LogP contribution in [0.15, 0.2) is 30.5 Å². The summed E-state index contributed by atoms with van der Waals surface area (Å²) in [5.41, 5.74) is 3.02. The number of aromatic nitrogens is 1. The molecule has 2 N–H and O–H groups in total. The smallest absolute Gasteiger partial charge is 0.315 e. The van der Waals surface area contributed by atoms with E-state index in [-0.39, 0.29) is 24.3 Å². The van der Waals surface area contributed by atoms with E-state index in [0.29, 0.717) is 16.6 Å². The number of nitrogens with one attached hydrogen (secondary N) is 2. The van der Waals surface area contributed by atoms with Crippen molar-refractivity contribution in [2.24, 2.45) is 0 Å². The van der Waals surface area contributed by atoms with Crippen molar-refractivity contribution in [3.8, 4) is 0 Å². The highest BCUT2D eigenvalue weighted by Crippen LogP contribution is 2.39. The molecule has 3 unspecified atom stereocenters. The van der Waals surface area contributed by atoms with E-state index in [1.54, 1.807) is 6.07 Å². The van der Waals surface area contributed by atoms with E-state index >= 15 is 0 Å². The van der Waals surface area contributed by atoms with Gasteiger partial charge in [0.2, 0.25) is 0 Å². The average Bonchev–Trinajstić information content (AvgIpc) is 3.12. The molecule has 1 aliphatic carbocycles. The molecule has 30 heavy (non-hydrogen) atoms. The van der Waals surface area contributed by atoms with E-state index in [0.717, 1.165) is 48.4 Å². The maximum Gasteiger partial charge on any atom is 0.315 e. The van der Waals surface area contributed by atoms with Crippen LogP contribution in [-0.4, -0.2) is 36.3 Å². The molecule has 0 radical (unpaired) electrons. The van der Waals surface area contributed by atoms with Gasteiger partial charge in [0.05, 0.1) is 28.3 Å². The van der Waals surface area contributed by atoms with Gasteiger partial charge in [0.15, 0.2) is 0 Å². The third-order valence-electron chi connectivity index (χ3n) is 5.60. The Morgan fingerprint density at radius 2 is 1.97 bits per heavy atom. The van der Waals surface area contributed by atoms with Crippen molar-refractivity contribution in [1.29, 1.82) is 0 Å². The number of benzene rings is 1. The van der Waals surface area contributed by atoms with Crippen molar-refractivity contribution >= 4 is 35.1 Å². The zero-order chi connectivity index (χ0) is 21.3. The summed E-state index contributed by atoms with van der Waals surface area (Å²) in [6, 6.07) is 7.46. The topological polar surface area (TPSA) is 66.5 Å². The monoisotopic (exact) mass is 448 g/mol. The van der Waals surface area contributed by atoms with Gasteiger partial charge in [-0.3, -0.25) is 0 Å². The van der Waals surface area contributed by atoms with Crippen LogP contribution in [0.5, 0.6) is 0 Å². The first kappa shape index (κ1) is 21.2. The number of hydrogen-bond donors (Lipinski definition) is 2. The fourth-order valence-corrected chi connectivity index (χ4v) is 4.69. The van der Waals surface area contributed by atoms with Crippen molar-refractivity contribution < 1.29 is 9.53 Å². The number of morpholine rings is 1. The van der Waals surface area contributed by atoms with E-state index in [4.69, 9.17) is 27.9 Å². The Hall–Kier alpha value is -2.02. The number of halogens is 2. The number of fused-ring (bicyclic) bond motifs is 1. The zero-order valence-corrected chi connectivity index (χ0v) is 18.6. The van der Waals surface area contributed by atoms with E-state index in [2.05, 4.69) is 34.4 Å². The fourth-order valence-electron chi connectivity index (χ4n) is 4.25. The third-order valence-corrected chi connectivity index (χ3v) is 6.45. The maximum absolute atomic E-state index is 12.4. The first-order valence-electron chi connectivity index (χ1n) is 10.3. The van der Waals surface area contributed by atoms with Crippen molar-refractivity contribution in [1.82, 2.24) is 15.6 Å². The summed E-state index contributed by atoms with van der Waals surface area (Å²) >= 11 is 12.4. The number of rotatable bonds is 4. The Bertz CT molecular complexity index is 912. The van der Waals surface area contributed by atoms with Gasteiger partial charge in [-0.25, -0.2) is 9.78 Å². The molecule has 160 valence electrons. The van der Waals surface area contributed by atoms with Crippen molar-refractivity contribution in [3.63, 3.8) is 0 Å². The summed E-state index contributed by atoms with van der Waals surface area (Å²) in [5, 5.41) is 7.09. The molecule has 8 heteroatoms. The van der Waals surface area contributed by atoms with Gasteiger partial charge < -0.3 is 20.3 Å². The van der Waals surface area contributed by atoms with Crippen LogP contribution in [0.3, 0.4) is 0 Å². The van der Waals surface area contributed by atoms with Gasteiger partial charge in [-0.1, -0.05) is 35.3 Å². The van der Waals surface area contributed by atoms with E-state index in [1.165, 1.54) is 0 Å². The normalized spacial score (nSPS) is 23.2. The molecule has 6 nitrogen and oxygen atoms in total. The fraction of sp³-hybridized carbons (Fsp3) is 0.455. The molecule has 1 aromatic carbocycles. The van der Waals surface area contributed by atoms with Crippen LogP contribution in [-0.2, 0) is 17.7 Å². The lowest BCUT2D eigenvalue weighted by Crippen LogP contribution is -2.45. The summed E-state index contributed by atoms with van der Waals surface area (Å²) < 4.78 is 5.78. The molecule has 2 heterocycles. The minimum atomic E-state index is -0.209. The molecule has 1 fully saturated rings. The van der Waals surface area contributed by atoms with Crippen LogP contribution in [0.4, 0.5) is 10.6 Å². The highest BCUT2D eigenvalue weighted by atomic mass is 35.5. The van der Waals surface area contributed by atoms with Crippen LogP contribution in [0.2, 0.25) is 10.0 Å². The van der Waals surface area contributed by atoms with Crippen molar-refractivity contribution in [2.75, 3.05) is 18.0 Å².